The molecule has 0 aliphatic carbocycles. The standard InChI is InChI=1S/C12H12N4O/c13-12(17)11-10(8-4-1-2-6-14-8)15-9-5-3-7-16(9)11/h1-2,4,6H,3,5,7H2,(H2,13,17). The maximum absolute atomic E-state index is 11.5. The van der Waals surface area contributed by atoms with E-state index in [0.29, 0.717) is 17.1 Å². The molecule has 0 unspecified atom stereocenters. The number of fused-ring (bicyclic) bond motifs is 1. The topological polar surface area (TPSA) is 73.8 Å². The molecule has 0 radical (unpaired) electrons. The van der Waals surface area contributed by atoms with Crippen LogP contribution in [0.25, 0.3) is 11.4 Å². The largest absolute Gasteiger partial charge is 0.364 e. The zero-order valence-corrected chi connectivity index (χ0v) is 9.26. The van der Waals surface area contributed by atoms with Crippen LogP contribution in [-0.4, -0.2) is 20.4 Å². The fourth-order valence-corrected chi connectivity index (χ4v) is 2.26. The lowest BCUT2D eigenvalue weighted by Crippen LogP contribution is -2.17. The van der Waals surface area contributed by atoms with Gasteiger partial charge in [-0.1, -0.05) is 6.07 Å². The summed E-state index contributed by atoms with van der Waals surface area (Å²) in [6, 6.07) is 5.54. The van der Waals surface area contributed by atoms with Gasteiger partial charge in [-0.3, -0.25) is 9.78 Å². The van der Waals surface area contributed by atoms with Gasteiger partial charge in [-0.2, -0.15) is 0 Å². The van der Waals surface area contributed by atoms with Gasteiger partial charge in [0, 0.05) is 19.2 Å². The van der Waals surface area contributed by atoms with Gasteiger partial charge in [0.25, 0.3) is 5.91 Å². The Kier molecular flexibility index (Phi) is 2.18. The molecule has 0 spiro atoms. The highest BCUT2D eigenvalue weighted by Gasteiger charge is 2.25. The van der Waals surface area contributed by atoms with Crippen molar-refractivity contribution in [2.24, 2.45) is 5.73 Å². The molecule has 86 valence electrons. The number of nitrogens with zero attached hydrogens (tertiary/aromatic N) is 3. The second-order valence-electron chi connectivity index (χ2n) is 4.06. The van der Waals surface area contributed by atoms with E-state index < -0.39 is 5.91 Å². The summed E-state index contributed by atoms with van der Waals surface area (Å²) in [5.41, 5.74) is 7.23. The Labute approximate surface area is 98.3 Å². The van der Waals surface area contributed by atoms with Gasteiger partial charge in [0.15, 0.2) is 0 Å². The van der Waals surface area contributed by atoms with Gasteiger partial charge in [0.2, 0.25) is 0 Å². The van der Waals surface area contributed by atoms with Gasteiger partial charge < -0.3 is 10.3 Å². The van der Waals surface area contributed by atoms with Crippen molar-refractivity contribution in [1.29, 1.82) is 0 Å². The zero-order valence-electron chi connectivity index (χ0n) is 9.26. The van der Waals surface area contributed by atoms with E-state index >= 15 is 0 Å². The van der Waals surface area contributed by atoms with Crippen molar-refractivity contribution >= 4 is 5.91 Å². The molecule has 2 N–H and O–H groups in total. The molecule has 1 aliphatic heterocycles. The van der Waals surface area contributed by atoms with Crippen molar-refractivity contribution < 1.29 is 4.79 Å². The fourth-order valence-electron chi connectivity index (χ4n) is 2.26. The first kappa shape index (κ1) is 10.0. The number of amides is 1. The van der Waals surface area contributed by atoms with Crippen LogP contribution in [0, 0.1) is 0 Å². The van der Waals surface area contributed by atoms with Crippen molar-refractivity contribution in [1.82, 2.24) is 14.5 Å². The highest BCUT2D eigenvalue weighted by molar-refractivity contribution is 5.97. The van der Waals surface area contributed by atoms with E-state index in [1.807, 2.05) is 22.8 Å². The van der Waals surface area contributed by atoms with Crippen LogP contribution >= 0.6 is 0 Å². The number of carbonyl (C=O) groups is 1. The van der Waals surface area contributed by atoms with Crippen LogP contribution in [-0.2, 0) is 13.0 Å². The second-order valence-corrected chi connectivity index (χ2v) is 4.06. The quantitative estimate of drug-likeness (QED) is 0.833. The molecule has 0 saturated heterocycles. The van der Waals surface area contributed by atoms with E-state index in [0.717, 1.165) is 25.2 Å². The average Bonchev–Trinajstić information content (AvgIpc) is 2.88. The predicted molar refractivity (Wildman–Crippen MR) is 62.3 cm³/mol. The molecule has 2 aromatic rings. The van der Waals surface area contributed by atoms with Crippen molar-refractivity contribution in [2.45, 2.75) is 19.4 Å². The first-order valence-electron chi connectivity index (χ1n) is 5.58. The molecule has 0 aromatic carbocycles. The highest BCUT2D eigenvalue weighted by Crippen LogP contribution is 2.26. The first-order chi connectivity index (χ1) is 8.27. The molecular weight excluding hydrogens is 216 g/mol. The Balaban J connectivity index is 2.21. The molecule has 0 fully saturated rings. The van der Waals surface area contributed by atoms with E-state index in [2.05, 4.69) is 9.97 Å². The second kappa shape index (κ2) is 3.69. The molecule has 2 aromatic heterocycles. The SMILES string of the molecule is NC(=O)c1c(-c2ccccn2)nc2n1CCC2. The molecule has 0 bridgehead atoms. The third-order valence-electron chi connectivity index (χ3n) is 2.97. The number of aromatic nitrogens is 3. The van der Waals surface area contributed by atoms with E-state index in [9.17, 15) is 4.79 Å². The number of pyridine rings is 1. The number of carbonyl (C=O) groups excluding carboxylic acids is 1. The highest BCUT2D eigenvalue weighted by atomic mass is 16.1. The van der Waals surface area contributed by atoms with Crippen molar-refractivity contribution in [3.05, 3.63) is 35.9 Å². The van der Waals surface area contributed by atoms with E-state index in [-0.39, 0.29) is 0 Å². The predicted octanol–water partition coefficient (Wildman–Crippen LogP) is 0.990. The number of hydrogen-bond acceptors (Lipinski definition) is 3. The number of imidazole rings is 1. The molecule has 0 atom stereocenters. The number of nitrogens with two attached hydrogens (primary N) is 1. The normalized spacial score (nSPS) is 13.6. The van der Waals surface area contributed by atoms with Crippen molar-refractivity contribution in [2.75, 3.05) is 0 Å². The Morgan fingerprint density at radius 3 is 3.00 bits per heavy atom. The van der Waals surface area contributed by atoms with Crippen LogP contribution in [0.4, 0.5) is 0 Å². The Morgan fingerprint density at radius 2 is 2.29 bits per heavy atom. The van der Waals surface area contributed by atoms with Crippen molar-refractivity contribution in [3.63, 3.8) is 0 Å². The molecule has 1 aliphatic rings. The van der Waals surface area contributed by atoms with Gasteiger partial charge in [0.1, 0.15) is 17.2 Å². The Bertz CT molecular complexity index is 574. The van der Waals surface area contributed by atoms with Crippen LogP contribution in [0.3, 0.4) is 0 Å². The summed E-state index contributed by atoms with van der Waals surface area (Å²) in [7, 11) is 0. The molecule has 17 heavy (non-hydrogen) atoms. The van der Waals surface area contributed by atoms with E-state index in [1.54, 1.807) is 6.20 Å². The summed E-state index contributed by atoms with van der Waals surface area (Å²) in [5, 5.41) is 0. The summed E-state index contributed by atoms with van der Waals surface area (Å²) >= 11 is 0. The molecule has 1 amide bonds. The fraction of sp³-hybridized carbons (Fsp3) is 0.250. The summed E-state index contributed by atoms with van der Waals surface area (Å²) < 4.78 is 1.91. The molecule has 5 heteroatoms. The molecule has 3 heterocycles. The van der Waals surface area contributed by atoms with Crippen LogP contribution in [0.1, 0.15) is 22.7 Å². The summed E-state index contributed by atoms with van der Waals surface area (Å²) in [4.78, 5) is 20.3. The van der Waals surface area contributed by atoms with Gasteiger partial charge in [-0.25, -0.2) is 4.98 Å². The average molecular weight is 228 g/mol. The number of hydrogen-bond donors (Lipinski definition) is 1. The van der Waals surface area contributed by atoms with E-state index in [1.165, 1.54) is 0 Å². The lowest BCUT2D eigenvalue weighted by Gasteiger charge is -2.03. The Morgan fingerprint density at radius 1 is 1.41 bits per heavy atom. The zero-order chi connectivity index (χ0) is 11.8. The number of rotatable bonds is 2. The molecule has 3 rings (SSSR count). The minimum Gasteiger partial charge on any atom is -0.364 e. The van der Waals surface area contributed by atoms with Crippen molar-refractivity contribution in [3.8, 4) is 11.4 Å². The van der Waals surface area contributed by atoms with Crippen LogP contribution in [0.5, 0.6) is 0 Å². The third kappa shape index (κ3) is 1.51. The lowest BCUT2D eigenvalue weighted by molar-refractivity contribution is 0.0992. The molecule has 0 saturated carbocycles. The number of primary amides is 1. The van der Waals surface area contributed by atoms with Crippen LogP contribution < -0.4 is 5.73 Å². The van der Waals surface area contributed by atoms with E-state index in [4.69, 9.17) is 5.73 Å². The molecular formula is C12H12N4O. The lowest BCUT2D eigenvalue weighted by atomic mass is 10.2. The van der Waals surface area contributed by atoms with Gasteiger partial charge in [-0.15, -0.1) is 0 Å². The first-order valence-corrected chi connectivity index (χ1v) is 5.58. The van der Waals surface area contributed by atoms with Gasteiger partial charge in [-0.05, 0) is 18.6 Å². The monoisotopic (exact) mass is 228 g/mol. The maximum Gasteiger partial charge on any atom is 0.267 e. The van der Waals surface area contributed by atoms with Gasteiger partial charge >= 0.3 is 0 Å². The smallest absolute Gasteiger partial charge is 0.267 e. The summed E-state index contributed by atoms with van der Waals surface area (Å²) in [6.45, 7) is 0.813. The summed E-state index contributed by atoms with van der Waals surface area (Å²) in [5.74, 6) is 0.491. The maximum atomic E-state index is 11.5. The third-order valence-corrected chi connectivity index (χ3v) is 2.97. The molecule has 5 nitrogen and oxygen atoms in total. The van der Waals surface area contributed by atoms with Crippen LogP contribution in [0.15, 0.2) is 24.4 Å². The van der Waals surface area contributed by atoms with Crippen LogP contribution in [0.2, 0.25) is 0 Å². The minimum absolute atomic E-state index is 0.439. The Hall–Kier alpha value is -2.17. The minimum atomic E-state index is -0.439. The summed E-state index contributed by atoms with van der Waals surface area (Å²) in [6.07, 6.45) is 3.60. The van der Waals surface area contributed by atoms with Gasteiger partial charge in [0.05, 0.1) is 5.69 Å². The number of aryl methyl sites for hydroxylation is 1.